The van der Waals surface area contributed by atoms with Crippen LogP contribution in [0.2, 0.25) is 0 Å². The number of aromatic nitrogens is 2. The van der Waals surface area contributed by atoms with Crippen molar-refractivity contribution in [1.29, 1.82) is 0 Å². The molecule has 0 bridgehead atoms. The monoisotopic (exact) mass is 472 g/mol. The van der Waals surface area contributed by atoms with Crippen molar-refractivity contribution in [2.24, 2.45) is 13.0 Å². The van der Waals surface area contributed by atoms with Gasteiger partial charge in [-0.25, -0.2) is 0 Å². The van der Waals surface area contributed by atoms with E-state index in [0.717, 1.165) is 38.9 Å². The molecule has 1 aliphatic heterocycles. The molecule has 0 N–H and O–H groups in total. The average molecular weight is 473 g/mol. The Morgan fingerprint density at radius 3 is 2.53 bits per heavy atom. The minimum absolute atomic E-state index is 0.00855. The van der Waals surface area contributed by atoms with E-state index in [9.17, 15) is 4.79 Å². The summed E-state index contributed by atoms with van der Waals surface area (Å²) >= 11 is 1.90. The van der Waals surface area contributed by atoms with Crippen LogP contribution in [0.4, 0.5) is 0 Å². The molecule has 1 aliphatic rings. The van der Waals surface area contributed by atoms with Gasteiger partial charge in [-0.05, 0) is 67.4 Å². The molecule has 1 amide bonds. The van der Waals surface area contributed by atoms with Gasteiger partial charge in [-0.3, -0.25) is 14.4 Å². The molecular formula is C28H32N4OS. The predicted molar refractivity (Wildman–Crippen MR) is 139 cm³/mol. The lowest BCUT2D eigenvalue weighted by Crippen LogP contribution is -2.47. The fourth-order valence-electron chi connectivity index (χ4n) is 5.17. The molecule has 0 spiro atoms. The van der Waals surface area contributed by atoms with Gasteiger partial charge < -0.3 is 4.90 Å². The molecule has 1 unspecified atom stereocenters. The van der Waals surface area contributed by atoms with Crippen molar-refractivity contribution in [1.82, 2.24) is 19.6 Å². The van der Waals surface area contributed by atoms with Gasteiger partial charge in [0.25, 0.3) is 5.91 Å². The van der Waals surface area contributed by atoms with Gasteiger partial charge in [0.05, 0.1) is 0 Å². The van der Waals surface area contributed by atoms with Crippen molar-refractivity contribution < 1.29 is 4.79 Å². The molecule has 0 aliphatic carbocycles. The third kappa shape index (κ3) is 5.08. The van der Waals surface area contributed by atoms with Crippen molar-refractivity contribution in [3.63, 3.8) is 0 Å². The number of aryl methyl sites for hydroxylation is 1. The second-order valence-electron chi connectivity index (χ2n) is 9.41. The smallest absolute Gasteiger partial charge is 0.274 e. The molecule has 34 heavy (non-hydrogen) atoms. The average Bonchev–Trinajstić information content (AvgIpc) is 3.48. The van der Waals surface area contributed by atoms with Gasteiger partial charge in [-0.1, -0.05) is 48.5 Å². The summed E-state index contributed by atoms with van der Waals surface area (Å²) in [6.07, 6.45) is 4.90. The highest BCUT2D eigenvalue weighted by Gasteiger charge is 2.32. The standard InChI is InChI=1S/C28H32N4OS/c1-30-15-14-25(29-30)28(33)31(2)26(18-21-8-4-3-5-9-21)22-12-16-32(17-13-22)20-24-19-23-10-6-7-11-27(23)34-24/h3-11,14-15,19,22,26H,12-13,16-18,20H2,1-2H3. The number of nitrogens with zero attached hydrogens (tertiary/aromatic N) is 4. The second kappa shape index (κ2) is 10.1. The molecule has 3 heterocycles. The molecule has 2 aromatic heterocycles. The fraction of sp³-hybridized carbons (Fsp3) is 0.357. The first-order valence-electron chi connectivity index (χ1n) is 12.1. The van der Waals surface area contributed by atoms with Crippen molar-refractivity contribution in [2.75, 3.05) is 20.1 Å². The Morgan fingerprint density at radius 1 is 1.09 bits per heavy atom. The van der Waals surface area contributed by atoms with Crippen LogP contribution < -0.4 is 0 Å². The Hall–Kier alpha value is -2.96. The zero-order chi connectivity index (χ0) is 23.5. The topological polar surface area (TPSA) is 41.4 Å². The molecule has 1 fully saturated rings. The first-order valence-corrected chi connectivity index (χ1v) is 12.9. The van der Waals surface area contributed by atoms with Crippen LogP contribution in [0.25, 0.3) is 10.1 Å². The van der Waals surface area contributed by atoms with Gasteiger partial charge in [0.15, 0.2) is 0 Å². The van der Waals surface area contributed by atoms with Crippen molar-refractivity contribution in [2.45, 2.75) is 31.8 Å². The van der Waals surface area contributed by atoms with Crippen LogP contribution in [0, 0.1) is 5.92 Å². The predicted octanol–water partition coefficient (Wildman–Crippen LogP) is 5.23. The third-order valence-electron chi connectivity index (χ3n) is 7.07. The van der Waals surface area contributed by atoms with Crippen LogP contribution in [0.5, 0.6) is 0 Å². The summed E-state index contributed by atoms with van der Waals surface area (Å²) in [7, 11) is 3.80. The summed E-state index contributed by atoms with van der Waals surface area (Å²) in [6, 6.07) is 23.5. The van der Waals surface area contributed by atoms with Crippen molar-refractivity contribution in [3.05, 3.63) is 89.1 Å². The van der Waals surface area contributed by atoms with Gasteiger partial charge in [0.1, 0.15) is 5.69 Å². The van der Waals surface area contributed by atoms with Crippen LogP contribution in [0.1, 0.15) is 33.8 Å². The minimum atomic E-state index is 0.00855. The maximum atomic E-state index is 13.3. The lowest BCUT2D eigenvalue weighted by atomic mass is 9.85. The van der Waals surface area contributed by atoms with E-state index < -0.39 is 0 Å². The zero-order valence-electron chi connectivity index (χ0n) is 19.9. The van der Waals surface area contributed by atoms with E-state index in [-0.39, 0.29) is 11.9 Å². The number of hydrogen-bond donors (Lipinski definition) is 0. The molecule has 0 saturated carbocycles. The number of rotatable bonds is 7. The molecule has 2 aromatic carbocycles. The number of benzene rings is 2. The number of carbonyl (C=O) groups is 1. The summed E-state index contributed by atoms with van der Waals surface area (Å²) in [5, 5.41) is 5.70. The summed E-state index contributed by atoms with van der Waals surface area (Å²) < 4.78 is 3.06. The first-order chi connectivity index (χ1) is 16.6. The second-order valence-corrected chi connectivity index (χ2v) is 10.6. The van der Waals surface area contributed by atoms with Gasteiger partial charge in [-0.2, -0.15) is 5.10 Å². The Labute approximate surface area is 205 Å². The highest BCUT2D eigenvalue weighted by Crippen LogP contribution is 2.30. The largest absolute Gasteiger partial charge is 0.337 e. The van der Waals surface area contributed by atoms with Gasteiger partial charge in [-0.15, -0.1) is 11.3 Å². The molecule has 1 saturated heterocycles. The van der Waals surface area contributed by atoms with E-state index >= 15 is 0 Å². The maximum Gasteiger partial charge on any atom is 0.274 e. The van der Waals surface area contributed by atoms with Crippen molar-refractivity contribution in [3.8, 4) is 0 Å². The molecule has 1 atom stereocenters. The van der Waals surface area contributed by atoms with Gasteiger partial charge >= 0.3 is 0 Å². The number of hydrogen-bond acceptors (Lipinski definition) is 4. The van der Waals surface area contributed by atoms with E-state index in [2.05, 4.69) is 64.6 Å². The lowest BCUT2D eigenvalue weighted by molar-refractivity contribution is 0.0579. The number of amides is 1. The van der Waals surface area contributed by atoms with E-state index in [4.69, 9.17) is 0 Å². The quantitative estimate of drug-likeness (QED) is 0.370. The number of thiophene rings is 1. The number of piperidine rings is 1. The Kier molecular flexibility index (Phi) is 6.79. The molecule has 176 valence electrons. The first kappa shape index (κ1) is 22.8. The van der Waals surface area contributed by atoms with Gasteiger partial charge in [0.2, 0.25) is 0 Å². The van der Waals surface area contributed by atoms with Crippen LogP contribution in [-0.2, 0) is 20.0 Å². The molecule has 5 rings (SSSR count). The van der Waals surface area contributed by atoms with Gasteiger partial charge in [0, 0.05) is 42.5 Å². The van der Waals surface area contributed by atoms with E-state index in [0.29, 0.717) is 11.6 Å². The van der Waals surface area contributed by atoms with Crippen LogP contribution >= 0.6 is 11.3 Å². The fourth-order valence-corrected chi connectivity index (χ4v) is 6.27. The van der Waals surface area contributed by atoms with E-state index in [1.54, 1.807) is 4.68 Å². The number of fused-ring (bicyclic) bond motifs is 1. The van der Waals surface area contributed by atoms with Crippen LogP contribution in [-0.4, -0.2) is 51.7 Å². The van der Waals surface area contributed by atoms with Crippen LogP contribution in [0.15, 0.2) is 72.9 Å². The summed E-state index contributed by atoms with van der Waals surface area (Å²) in [5.74, 6) is 0.478. The summed E-state index contributed by atoms with van der Waals surface area (Å²) in [5.41, 5.74) is 1.80. The zero-order valence-corrected chi connectivity index (χ0v) is 20.7. The summed E-state index contributed by atoms with van der Waals surface area (Å²) in [6.45, 7) is 3.14. The van der Waals surface area contributed by atoms with Crippen LogP contribution in [0.3, 0.4) is 0 Å². The SMILES string of the molecule is CN(C(=O)c1ccn(C)n1)C(Cc1ccccc1)C1CCN(Cc2cc3ccccc3s2)CC1. The minimum Gasteiger partial charge on any atom is -0.337 e. The molecule has 4 aromatic rings. The number of likely N-dealkylation sites (tertiary alicyclic amines) is 1. The highest BCUT2D eigenvalue weighted by atomic mass is 32.1. The Balaban J connectivity index is 1.28. The van der Waals surface area contributed by atoms with E-state index in [1.807, 2.05) is 48.7 Å². The maximum absolute atomic E-state index is 13.3. The summed E-state index contributed by atoms with van der Waals surface area (Å²) in [4.78, 5) is 19.2. The normalized spacial score (nSPS) is 16.1. The third-order valence-corrected chi connectivity index (χ3v) is 8.17. The highest BCUT2D eigenvalue weighted by molar-refractivity contribution is 7.19. The Morgan fingerprint density at radius 2 is 1.82 bits per heavy atom. The molecule has 5 nitrogen and oxygen atoms in total. The lowest BCUT2D eigenvalue weighted by Gasteiger charge is -2.40. The number of carbonyl (C=O) groups excluding carboxylic acids is 1. The van der Waals surface area contributed by atoms with Crippen molar-refractivity contribution >= 4 is 27.3 Å². The molecule has 6 heteroatoms. The molecular weight excluding hydrogens is 440 g/mol. The Bertz CT molecular complexity index is 1210. The van der Waals surface area contributed by atoms with E-state index in [1.165, 1.54) is 20.5 Å². The molecule has 0 radical (unpaired) electrons. The number of likely N-dealkylation sites (N-methyl/N-ethyl adjacent to an activating group) is 1.